The molecule has 0 unspecified atom stereocenters. The fourth-order valence-corrected chi connectivity index (χ4v) is 4.64. The maximum Gasteiger partial charge on any atom is 0.191 e. The van der Waals surface area contributed by atoms with E-state index in [1.54, 1.807) is 0 Å². The molecule has 1 aromatic carbocycles. The van der Waals surface area contributed by atoms with Gasteiger partial charge in [-0.1, -0.05) is 31.0 Å². The molecule has 1 saturated heterocycles. The zero-order valence-corrected chi connectivity index (χ0v) is 20.0. The number of para-hydroxylation sites is 1. The van der Waals surface area contributed by atoms with Crippen LogP contribution in [0.4, 0.5) is 0 Å². The molecule has 3 rings (SSSR count). The maximum atomic E-state index is 6.12. The summed E-state index contributed by atoms with van der Waals surface area (Å²) in [5.41, 5.74) is 1.47. The van der Waals surface area contributed by atoms with Crippen molar-refractivity contribution in [3.8, 4) is 5.75 Å². The lowest BCUT2D eigenvalue weighted by atomic mass is 9.83. The molecule has 0 aromatic heterocycles. The van der Waals surface area contributed by atoms with Gasteiger partial charge in [0.05, 0.1) is 13.2 Å². The molecule has 0 spiro atoms. The lowest BCUT2D eigenvalue weighted by Gasteiger charge is -2.30. The Morgan fingerprint density at radius 3 is 2.66 bits per heavy atom. The zero-order valence-electron chi connectivity index (χ0n) is 20.0. The van der Waals surface area contributed by atoms with Gasteiger partial charge in [-0.2, -0.15) is 0 Å². The molecule has 1 aliphatic carbocycles. The van der Waals surface area contributed by atoms with E-state index in [0.717, 1.165) is 76.3 Å². The molecular weight excluding hydrogens is 404 g/mol. The summed E-state index contributed by atoms with van der Waals surface area (Å²) in [5, 5.41) is 7.05. The number of aliphatic imine (C=N–C) groups is 1. The molecular formula is C25H42N4O3. The highest BCUT2D eigenvalue weighted by Gasteiger charge is 2.33. The second-order valence-electron chi connectivity index (χ2n) is 8.84. The molecule has 2 aliphatic rings. The number of benzene rings is 1. The third kappa shape index (κ3) is 7.94. The normalized spacial score (nSPS) is 19.1. The monoisotopic (exact) mass is 446 g/mol. The van der Waals surface area contributed by atoms with Gasteiger partial charge in [0, 0.05) is 58.5 Å². The third-order valence-electron chi connectivity index (χ3n) is 6.69. The van der Waals surface area contributed by atoms with Crippen LogP contribution >= 0.6 is 0 Å². The predicted molar refractivity (Wildman–Crippen MR) is 129 cm³/mol. The van der Waals surface area contributed by atoms with Gasteiger partial charge in [-0.25, -0.2) is 0 Å². The van der Waals surface area contributed by atoms with Crippen molar-refractivity contribution in [2.24, 2.45) is 10.4 Å². The number of nitrogens with one attached hydrogen (secondary N) is 2. The minimum absolute atomic E-state index is 0.327. The van der Waals surface area contributed by atoms with Crippen LogP contribution in [0, 0.1) is 5.41 Å². The van der Waals surface area contributed by atoms with Gasteiger partial charge in [-0.3, -0.25) is 9.89 Å². The number of nitrogens with zero attached hydrogens (tertiary/aromatic N) is 2. The van der Waals surface area contributed by atoms with E-state index < -0.39 is 0 Å². The Morgan fingerprint density at radius 2 is 1.91 bits per heavy atom. The Balaban J connectivity index is 1.45. The highest BCUT2D eigenvalue weighted by molar-refractivity contribution is 5.79. The summed E-state index contributed by atoms with van der Waals surface area (Å²) in [6.07, 6.45) is 6.28. The van der Waals surface area contributed by atoms with Gasteiger partial charge in [0.15, 0.2) is 5.96 Å². The van der Waals surface area contributed by atoms with E-state index in [2.05, 4.69) is 39.6 Å². The van der Waals surface area contributed by atoms with E-state index in [-0.39, 0.29) is 0 Å². The van der Waals surface area contributed by atoms with Crippen molar-refractivity contribution < 1.29 is 14.2 Å². The topological polar surface area (TPSA) is 67.3 Å². The molecule has 2 N–H and O–H groups in total. The Bertz CT molecular complexity index is 686. The second-order valence-corrected chi connectivity index (χ2v) is 8.84. The van der Waals surface area contributed by atoms with Crippen molar-refractivity contribution in [2.45, 2.75) is 45.6 Å². The molecule has 1 aliphatic heterocycles. The van der Waals surface area contributed by atoms with Crippen LogP contribution in [0.2, 0.25) is 0 Å². The van der Waals surface area contributed by atoms with Crippen LogP contribution in [0.5, 0.6) is 5.75 Å². The summed E-state index contributed by atoms with van der Waals surface area (Å²) in [4.78, 5) is 6.84. The maximum absolute atomic E-state index is 6.12. The summed E-state index contributed by atoms with van der Waals surface area (Å²) in [6.45, 7) is 10.6. The molecule has 32 heavy (non-hydrogen) atoms. The molecule has 180 valence electrons. The molecule has 0 atom stereocenters. The molecule has 0 amide bonds. The summed E-state index contributed by atoms with van der Waals surface area (Å²) < 4.78 is 17.2. The lowest BCUT2D eigenvalue weighted by molar-refractivity contribution is 0.0322. The van der Waals surface area contributed by atoms with Crippen molar-refractivity contribution in [3.63, 3.8) is 0 Å². The first-order chi connectivity index (χ1) is 15.7. The van der Waals surface area contributed by atoms with E-state index in [9.17, 15) is 0 Å². The van der Waals surface area contributed by atoms with Gasteiger partial charge in [-0.05, 0) is 37.7 Å². The fraction of sp³-hybridized carbons (Fsp3) is 0.720. The number of rotatable bonds is 12. The second kappa shape index (κ2) is 13.7. The average molecular weight is 447 g/mol. The Labute approximate surface area is 193 Å². The summed E-state index contributed by atoms with van der Waals surface area (Å²) in [5.74, 6) is 1.78. The van der Waals surface area contributed by atoms with Gasteiger partial charge in [0.25, 0.3) is 0 Å². The Kier molecular flexibility index (Phi) is 10.6. The van der Waals surface area contributed by atoms with Crippen molar-refractivity contribution in [1.82, 2.24) is 15.5 Å². The van der Waals surface area contributed by atoms with Crippen LogP contribution in [0.3, 0.4) is 0 Å². The molecule has 2 fully saturated rings. The Morgan fingerprint density at radius 1 is 1.12 bits per heavy atom. The van der Waals surface area contributed by atoms with Gasteiger partial charge in [0.1, 0.15) is 12.4 Å². The van der Waals surface area contributed by atoms with Crippen LogP contribution in [0.1, 0.15) is 44.6 Å². The minimum atomic E-state index is 0.327. The van der Waals surface area contributed by atoms with Crippen LogP contribution in [-0.2, 0) is 16.0 Å². The van der Waals surface area contributed by atoms with Crippen LogP contribution in [0.15, 0.2) is 29.3 Å². The minimum Gasteiger partial charge on any atom is -0.492 e. The first-order valence-electron chi connectivity index (χ1n) is 12.3. The molecule has 0 bridgehead atoms. The van der Waals surface area contributed by atoms with Crippen molar-refractivity contribution in [2.75, 3.05) is 66.3 Å². The first kappa shape index (κ1) is 24.8. The van der Waals surface area contributed by atoms with Gasteiger partial charge >= 0.3 is 0 Å². The molecule has 1 aromatic rings. The van der Waals surface area contributed by atoms with Crippen LogP contribution in [0.25, 0.3) is 0 Å². The number of morpholine rings is 1. The smallest absolute Gasteiger partial charge is 0.191 e. The molecule has 1 heterocycles. The Hall–Kier alpha value is -1.83. The van der Waals surface area contributed by atoms with Crippen LogP contribution < -0.4 is 15.4 Å². The number of hydrogen-bond donors (Lipinski definition) is 2. The standard InChI is InChI=1S/C25H42N4O3/c1-3-30-16-12-25(10-6-7-11-25)21-28-24(26-2)27-20-22-8-4-5-9-23(22)32-19-15-29-13-17-31-18-14-29/h4-5,8-9H,3,6-7,10-21H2,1-2H3,(H2,26,27,28). The van der Waals surface area contributed by atoms with Crippen molar-refractivity contribution in [1.29, 1.82) is 0 Å². The van der Waals surface area contributed by atoms with Crippen molar-refractivity contribution in [3.05, 3.63) is 29.8 Å². The van der Waals surface area contributed by atoms with Crippen molar-refractivity contribution >= 4 is 5.96 Å². The highest BCUT2D eigenvalue weighted by atomic mass is 16.5. The summed E-state index contributed by atoms with van der Waals surface area (Å²) in [6, 6.07) is 8.25. The van der Waals surface area contributed by atoms with Gasteiger partial charge < -0.3 is 24.8 Å². The van der Waals surface area contributed by atoms with Crippen LogP contribution in [-0.4, -0.2) is 77.1 Å². The number of hydrogen-bond acceptors (Lipinski definition) is 5. The SMILES string of the molecule is CCOCCC1(CNC(=NC)NCc2ccccc2OCCN2CCOCC2)CCCC1. The summed E-state index contributed by atoms with van der Waals surface area (Å²) >= 11 is 0. The molecule has 7 nitrogen and oxygen atoms in total. The van der Waals surface area contributed by atoms with E-state index in [1.165, 1.54) is 25.7 Å². The van der Waals surface area contributed by atoms with E-state index >= 15 is 0 Å². The zero-order chi connectivity index (χ0) is 22.5. The average Bonchev–Trinajstić information content (AvgIpc) is 3.30. The largest absolute Gasteiger partial charge is 0.492 e. The van der Waals surface area contributed by atoms with E-state index in [1.807, 2.05) is 19.2 Å². The van der Waals surface area contributed by atoms with Gasteiger partial charge in [-0.15, -0.1) is 0 Å². The van der Waals surface area contributed by atoms with E-state index in [4.69, 9.17) is 14.2 Å². The number of guanidine groups is 1. The van der Waals surface area contributed by atoms with E-state index in [0.29, 0.717) is 18.6 Å². The molecule has 7 heteroatoms. The molecule has 0 radical (unpaired) electrons. The highest BCUT2D eigenvalue weighted by Crippen LogP contribution is 2.40. The first-order valence-corrected chi connectivity index (χ1v) is 12.3. The number of ether oxygens (including phenoxy) is 3. The molecule has 1 saturated carbocycles. The van der Waals surface area contributed by atoms with Gasteiger partial charge in [0.2, 0.25) is 0 Å². The third-order valence-corrected chi connectivity index (χ3v) is 6.69. The predicted octanol–water partition coefficient (Wildman–Crippen LogP) is 3.05. The fourth-order valence-electron chi connectivity index (χ4n) is 4.64. The summed E-state index contributed by atoms with van der Waals surface area (Å²) in [7, 11) is 1.83. The quantitative estimate of drug-likeness (QED) is 0.292. The lowest BCUT2D eigenvalue weighted by Crippen LogP contribution is -2.43.